The molecule has 0 aromatic heterocycles. The number of ether oxygens (including phenoxy) is 1. The van der Waals surface area contributed by atoms with Crippen LogP contribution in [0.2, 0.25) is 0 Å². The Morgan fingerprint density at radius 3 is 2.33 bits per heavy atom. The molecular weight excluding hydrogens is 260 g/mol. The summed E-state index contributed by atoms with van der Waals surface area (Å²) in [6.45, 7) is 3.06. The van der Waals surface area contributed by atoms with Crippen molar-refractivity contribution in [1.29, 1.82) is 0 Å². The molecule has 0 saturated carbocycles. The van der Waals surface area contributed by atoms with Crippen LogP contribution in [-0.4, -0.2) is 20.7 Å². The zero-order valence-corrected chi connectivity index (χ0v) is 13.0. The monoisotopic (exact) mass is 284 g/mol. The van der Waals surface area contributed by atoms with Gasteiger partial charge in [0.05, 0.1) is 12.8 Å². The van der Waals surface area contributed by atoms with Crippen molar-refractivity contribution >= 4 is 5.69 Å². The normalized spacial score (nSPS) is 13.5. The van der Waals surface area contributed by atoms with Gasteiger partial charge in [0, 0.05) is 19.6 Å². The molecule has 2 N–H and O–H groups in total. The third-order valence-corrected chi connectivity index (χ3v) is 3.86. The van der Waals surface area contributed by atoms with Gasteiger partial charge in [0.1, 0.15) is 5.75 Å². The molecule has 0 heterocycles. The van der Waals surface area contributed by atoms with Crippen LogP contribution in [0.25, 0.3) is 0 Å². The van der Waals surface area contributed by atoms with Gasteiger partial charge in [-0.25, -0.2) is 0 Å². The summed E-state index contributed by atoms with van der Waals surface area (Å²) in [4.78, 5) is 2.20. The summed E-state index contributed by atoms with van der Waals surface area (Å²) < 4.78 is 5.42. The highest BCUT2D eigenvalue weighted by atomic mass is 16.5. The Balaban J connectivity index is 2.06. The predicted octanol–water partition coefficient (Wildman–Crippen LogP) is 3.47. The first-order valence-electron chi connectivity index (χ1n) is 7.28. The van der Waals surface area contributed by atoms with Crippen molar-refractivity contribution in [2.24, 2.45) is 11.7 Å². The van der Waals surface area contributed by atoms with E-state index in [2.05, 4.69) is 37.1 Å². The molecule has 0 fully saturated rings. The van der Waals surface area contributed by atoms with E-state index in [4.69, 9.17) is 10.5 Å². The molecule has 0 bridgehead atoms. The highest BCUT2D eigenvalue weighted by Gasteiger charge is 2.18. The van der Waals surface area contributed by atoms with Crippen molar-refractivity contribution in [2.45, 2.75) is 13.0 Å². The SMILES string of the molecule is COc1ccccc1N(C)CC(C)C(N)c1ccccc1. The highest BCUT2D eigenvalue weighted by Crippen LogP contribution is 2.28. The topological polar surface area (TPSA) is 38.5 Å². The summed E-state index contributed by atoms with van der Waals surface area (Å²) in [5.41, 5.74) is 8.65. The van der Waals surface area contributed by atoms with Crippen LogP contribution in [0.3, 0.4) is 0 Å². The number of anilines is 1. The van der Waals surface area contributed by atoms with Crippen molar-refractivity contribution in [1.82, 2.24) is 0 Å². The Morgan fingerprint density at radius 2 is 1.67 bits per heavy atom. The number of hydrogen-bond donors (Lipinski definition) is 1. The maximum absolute atomic E-state index is 6.38. The fraction of sp³-hybridized carbons (Fsp3) is 0.333. The molecule has 2 unspecified atom stereocenters. The second kappa shape index (κ2) is 7.14. The van der Waals surface area contributed by atoms with Crippen molar-refractivity contribution in [3.8, 4) is 5.75 Å². The van der Waals surface area contributed by atoms with Gasteiger partial charge in [-0.3, -0.25) is 0 Å². The second-order valence-corrected chi connectivity index (χ2v) is 5.47. The first kappa shape index (κ1) is 15.4. The van der Waals surface area contributed by atoms with E-state index in [0.29, 0.717) is 5.92 Å². The maximum atomic E-state index is 6.38. The molecule has 2 atom stereocenters. The van der Waals surface area contributed by atoms with E-state index in [1.807, 2.05) is 36.4 Å². The maximum Gasteiger partial charge on any atom is 0.142 e. The van der Waals surface area contributed by atoms with E-state index < -0.39 is 0 Å². The molecule has 3 heteroatoms. The lowest BCUT2D eigenvalue weighted by Gasteiger charge is -2.28. The van der Waals surface area contributed by atoms with Gasteiger partial charge in [0.15, 0.2) is 0 Å². The number of benzene rings is 2. The van der Waals surface area contributed by atoms with Crippen LogP contribution in [0.4, 0.5) is 5.69 Å². The van der Waals surface area contributed by atoms with Gasteiger partial charge in [0.25, 0.3) is 0 Å². The van der Waals surface area contributed by atoms with E-state index in [9.17, 15) is 0 Å². The molecule has 2 rings (SSSR count). The number of rotatable bonds is 6. The molecule has 0 aliphatic rings. The molecule has 21 heavy (non-hydrogen) atoms. The fourth-order valence-corrected chi connectivity index (χ4v) is 2.59. The first-order chi connectivity index (χ1) is 10.1. The molecule has 0 aliphatic carbocycles. The van der Waals surface area contributed by atoms with Gasteiger partial charge >= 0.3 is 0 Å². The molecule has 3 nitrogen and oxygen atoms in total. The molecule has 2 aromatic carbocycles. The average Bonchev–Trinajstić information content (AvgIpc) is 2.54. The van der Waals surface area contributed by atoms with Gasteiger partial charge in [0.2, 0.25) is 0 Å². The smallest absolute Gasteiger partial charge is 0.142 e. The van der Waals surface area contributed by atoms with E-state index in [1.165, 1.54) is 5.56 Å². The van der Waals surface area contributed by atoms with Crippen molar-refractivity contribution in [2.75, 3.05) is 25.6 Å². The number of hydrogen-bond acceptors (Lipinski definition) is 3. The lowest BCUT2D eigenvalue weighted by atomic mass is 9.95. The molecule has 2 aromatic rings. The summed E-state index contributed by atoms with van der Waals surface area (Å²) in [5.74, 6) is 1.22. The minimum Gasteiger partial charge on any atom is -0.495 e. The fourth-order valence-electron chi connectivity index (χ4n) is 2.59. The summed E-state index contributed by atoms with van der Waals surface area (Å²) in [7, 11) is 3.78. The first-order valence-corrected chi connectivity index (χ1v) is 7.28. The number of para-hydroxylation sites is 2. The van der Waals surface area contributed by atoms with Gasteiger partial charge < -0.3 is 15.4 Å². The zero-order valence-electron chi connectivity index (χ0n) is 13.0. The Labute approximate surface area is 127 Å². The van der Waals surface area contributed by atoms with Crippen LogP contribution in [0, 0.1) is 5.92 Å². The Bertz CT molecular complexity index is 556. The van der Waals surface area contributed by atoms with Crippen LogP contribution in [0.1, 0.15) is 18.5 Å². The van der Waals surface area contributed by atoms with Gasteiger partial charge in [-0.1, -0.05) is 49.4 Å². The van der Waals surface area contributed by atoms with Crippen LogP contribution >= 0.6 is 0 Å². The standard InChI is InChI=1S/C18H24N2O/c1-14(18(19)15-9-5-4-6-10-15)13-20(2)16-11-7-8-12-17(16)21-3/h4-12,14,18H,13,19H2,1-3H3. The largest absolute Gasteiger partial charge is 0.495 e. The predicted molar refractivity (Wildman–Crippen MR) is 88.8 cm³/mol. The molecule has 0 spiro atoms. The van der Waals surface area contributed by atoms with E-state index in [1.54, 1.807) is 7.11 Å². The molecule has 0 aliphatic heterocycles. The van der Waals surface area contributed by atoms with Crippen molar-refractivity contribution in [3.05, 3.63) is 60.2 Å². The second-order valence-electron chi connectivity index (χ2n) is 5.47. The van der Waals surface area contributed by atoms with Crippen LogP contribution in [0.5, 0.6) is 5.75 Å². The Morgan fingerprint density at radius 1 is 1.05 bits per heavy atom. The number of methoxy groups -OCH3 is 1. The van der Waals surface area contributed by atoms with E-state index in [0.717, 1.165) is 18.0 Å². The van der Waals surface area contributed by atoms with Crippen LogP contribution in [0.15, 0.2) is 54.6 Å². The average molecular weight is 284 g/mol. The molecular formula is C18H24N2O. The Kier molecular flexibility index (Phi) is 5.23. The van der Waals surface area contributed by atoms with Gasteiger partial charge in [-0.15, -0.1) is 0 Å². The lowest BCUT2D eigenvalue weighted by molar-refractivity contribution is 0.412. The zero-order chi connectivity index (χ0) is 15.2. The minimum absolute atomic E-state index is 0.0309. The summed E-state index contributed by atoms with van der Waals surface area (Å²) >= 11 is 0. The molecule has 0 radical (unpaired) electrons. The third-order valence-electron chi connectivity index (χ3n) is 3.86. The van der Waals surface area contributed by atoms with Crippen molar-refractivity contribution in [3.63, 3.8) is 0 Å². The van der Waals surface area contributed by atoms with E-state index >= 15 is 0 Å². The lowest BCUT2D eigenvalue weighted by Crippen LogP contribution is -2.31. The summed E-state index contributed by atoms with van der Waals surface area (Å²) in [6, 6.07) is 18.3. The number of nitrogens with zero attached hydrogens (tertiary/aromatic N) is 1. The van der Waals surface area contributed by atoms with E-state index in [-0.39, 0.29) is 6.04 Å². The summed E-state index contributed by atoms with van der Waals surface area (Å²) in [5, 5.41) is 0. The number of nitrogens with two attached hydrogens (primary N) is 1. The minimum atomic E-state index is 0.0309. The van der Waals surface area contributed by atoms with Gasteiger partial charge in [-0.2, -0.15) is 0 Å². The third kappa shape index (κ3) is 3.76. The van der Waals surface area contributed by atoms with Crippen molar-refractivity contribution < 1.29 is 4.74 Å². The molecule has 0 amide bonds. The summed E-state index contributed by atoms with van der Waals surface area (Å²) in [6.07, 6.45) is 0. The van der Waals surface area contributed by atoms with Crippen LogP contribution < -0.4 is 15.4 Å². The molecule has 0 saturated heterocycles. The Hall–Kier alpha value is -2.00. The highest BCUT2D eigenvalue weighted by molar-refractivity contribution is 5.57. The van der Waals surface area contributed by atoms with Crippen LogP contribution in [-0.2, 0) is 0 Å². The quantitative estimate of drug-likeness (QED) is 0.882. The molecule has 112 valence electrons. The van der Waals surface area contributed by atoms with Gasteiger partial charge in [-0.05, 0) is 23.6 Å².